The van der Waals surface area contributed by atoms with Gasteiger partial charge in [-0.3, -0.25) is 9.69 Å². The molecule has 0 atom stereocenters. The van der Waals surface area contributed by atoms with Crippen LogP contribution in [0.3, 0.4) is 0 Å². The van der Waals surface area contributed by atoms with Crippen LogP contribution in [-0.4, -0.2) is 30.9 Å². The van der Waals surface area contributed by atoms with E-state index in [9.17, 15) is 4.79 Å². The van der Waals surface area contributed by atoms with Gasteiger partial charge in [-0.25, -0.2) is 0 Å². The summed E-state index contributed by atoms with van der Waals surface area (Å²) in [5.41, 5.74) is 0. The molecular weight excluding hydrogens is 302 g/mol. The lowest BCUT2D eigenvalue weighted by atomic mass is 10.4. The zero-order valence-corrected chi connectivity index (χ0v) is 12.0. The minimum absolute atomic E-state index is 0.0432. The number of likely N-dealkylation sites (N-methyl/N-ethyl adjacent to an activating group) is 1. The Bertz CT molecular complexity index is 413. The molecule has 92 valence electrons. The van der Waals surface area contributed by atoms with Crippen LogP contribution in [-0.2, 0) is 11.3 Å². The Balaban J connectivity index is 2.27. The predicted octanol–water partition coefficient (Wildman–Crippen LogP) is 1.97. The van der Waals surface area contributed by atoms with Crippen molar-refractivity contribution in [1.29, 1.82) is 5.26 Å². The Morgan fingerprint density at radius 3 is 3.00 bits per heavy atom. The summed E-state index contributed by atoms with van der Waals surface area (Å²) < 4.78 is 1.10. The van der Waals surface area contributed by atoms with Crippen LogP contribution >= 0.6 is 27.3 Å². The largest absolute Gasteiger partial charge is 0.354 e. The highest BCUT2D eigenvalue weighted by Crippen LogP contribution is 2.22. The van der Waals surface area contributed by atoms with E-state index in [1.54, 1.807) is 11.3 Å². The molecule has 1 heterocycles. The smallest absolute Gasteiger partial charge is 0.234 e. The van der Waals surface area contributed by atoms with Crippen molar-refractivity contribution in [2.75, 3.05) is 20.1 Å². The molecule has 0 saturated carbocycles. The Labute approximate surface area is 113 Å². The molecule has 0 spiro atoms. The topological polar surface area (TPSA) is 56.1 Å². The van der Waals surface area contributed by atoms with Gasteiger partial charge in [0, 0.05) is 18.0 Å². The van der Waals surface area contributed by atoms with Crippen molar-refractivity contribution in [3.63, 3.8) is 0 Å². The lowest BCUT2D eigenvalue weighted by Crippen LogP contribution is -2.35. The minimum Gasteiger partial charge on any atom is -0.354 e. The molecule has 1 amide bonds. The highest BCUT2D eigenvalue weighted by atomic mass is 79.9. The number of halogens is 1. The van der Waals surface area contributed by atoms with Gasteiger partial charge in [-0.2, -0.15) is 5.26 Å². The zero-order chi connectivity index (χ0) is 12.7. The summed E-state index contributed by atoms with van der Waals surface area (Å²) in [5, 5.41) is 11.0. The normalized spacial score (nSPS) is 10.2. The number of thiophene rings is 1. The fourth-order valence-corrected chi connectivity index (χ4v) is 2.88. The maximum atomic E-state index is 11.5. The molecule has 1 aromatic rings. The quantitative estimate of drug-likeness (QED) is 0.817. The number of nitriles is 1. The maximum Gasteiger partial charge on any atom is 0.234 e. The lowest BCUT2D eigenvalue weighted by Gasteiger charge is -2.14. The van der Waals surface area contributed by atoms with Crippen molar-refractivity contribution in [3.05, 3.63) is 20.8 Å². The summed E-state index contributed by atoms with van der Waals surface area (Å²) in [5.74, 6) is -0.0432. The number of hydrogen-bond donors (Lipinski definition) is 1. The van der Waals surface area contributed by atoms with Crippen LogP contribution < -0.4 is 5.32 Å². The Kier molecular flexibility index (Phi) is 6.19. The van der Waals surface area contributed by atoms with Gasteiger partial charge in [0.1, 0.15) is 0 Å². The van der Waals surface area contributed by atoms with Crippen LogP contribution in [0.1, 0.15) is 11.3 Å². The average molecular weight is 316 g/mol. The second-order valence-electron chi connectivity index (χ2n) is 3.64. The van der Waals surface area contributed by atoms with E-state index in [2.05, 4.69) is 21.2 Å². The van der Waals surface area contributed by atoms with Crippen molar-refractivity contribution in [2.45, 2.75) is 13.0 Å². The van der Waals surface area contributed by atoms with Crippen LogP contribution in [0.2, 0.25) is 0 Å². The van der Waals surface area contributed by atoms with Gasteiger partial charge in [0.05, 0.1) is 22.8 Å². The Morgan fingerprint density at radius 1 is 1.65 bits per heavy atom. The van der Waals surface area contributed by atoms with E-state index < -0.39 is 0 Å². The van der Waals surface area contributed by atoms with E-state index >= 15 is 0 Å². The Morgan fingerprint density at radius 2 is 2.41 bits per heavy atom. The predicted molar refractivity (Wildman–Crippen MR) is 71.6 cm³/mol. The van der Waals surface area contributed by atoms with E-state index in [-0.39, 0.29) is 5.91 Å². The first-order chi connectivity index (χ1) is 8.11. The van der Waals surface area contributed by atoms with E-state index in [0.29, 0.717) is 19.5 Å². The van der Waals surface area contributed by atoms with E-state index in [1.807, 2.05) is 30.1 Å². The summed E-state index contributed by atoms with van der Waals surface area (Å²) in [6.07, 6.45) is 0.354. The number of rotatable bonds is 6. The number of amides is 1. The number of hydrogen-bond acceptors (Lipinski definition) is 4. The van der Waals surface area contributed by atoms with E-state index in [0.717, 1.165) is 10.3 Å². The summed E-state index contributed by atoms with van der Waals surface area (Å²) in [6.45, 7) is 1.52. The molecule has 1 N–H and O–H groups in total. The molecule has 6 heteroatoms. The highest BCUT2D eigenvalue weighted by Gasteiger charge is 2.07. The lowest BCUT2D eigenvalue weighted by molar-refractivity contribution is -0.122. The van der Waals surface area contributed by atoms with Crippen molar-refractivity contribution in [3.8, 4) is 6.07 Å². The molecular formula is C11H14BrN3OS. The molecule has 0 saturated heterocycles. The summed E-state index contributed by atoms with van der Waals surface area (Å²) in [6, 6.07) is 6.03. The molecule has 0 aliphatic heterocycles. The van der Waals surface area contributed by atoms with Gasteiger partial charge < -0.3 is 5.32 Å². The second-order valence-corrected chi connectivity index (χ2v) is 6.18. The Hall–Kier alpha value is -0.900. The first-order valence-electron chi connectivity index (χ1n) is 5.18. The fraction of sp³-hybridized carbons (Fsp3) is 0.455. The zero-order valence-electron chi connectivity index (χ0n) is 9.57. The van der Waals surface area contributed by atoms with Crippen molar-refractivity contribution in [2.24, 2.45) is 0 Å². The third kappa shape index (κ3) is 5.82. The molecule has 0 aliphatic rings. The van der Waals surface area contributed by atoms with Crippen molar-refractivity contribution >= 4 is 33.2 Å². The number of nitrogens with one attached hydrogen (secondary N) is 1. The van der Waals surface area contributed by atoms with Gasteiger partial charge in [0.2, 0.25) is 5.91 Å². The van der Waals surface area contributed by atoms with Gasteiger partial charge in [-0.1, -0.05) is 0 Å². The molecule has 4 nitrogen and oxygen atoms in total. The van der Waals surface area contributed by atoms with E-state index in [1.165, 1.54) is 4.88 Å². The van der Waals surface area contributed by atoms with E-state index in [4.69, 9.17) is 5.26 Å². The standard InChI is InChI=1S/C11H14BrN3OS/c1-15(7-9-3-4-10(12)17-9)8-11(16)14-6-2-5-13/h3-4H,2,6-8H2,1H3,(H,14,16). The second kappa shape index (κ2) is 7.43. The molecule has 1 rings (SSSR count). The van der Waals surface area contributed by atoms with Crippen LogP contribution in [0.4, 0.5) is 0 Å². The van der Waals surface area contributed by atoms with Gasteiger partial charge >= 0.3 is 0 Å². The van der Waals surface area contributed by atoms with Crippen LogP contribution in [0, 0.1) is 11.3 Å². The maximum absolute atomic E-state index is 11.5. The SMILES string of the molecule is CN(CC(=O)NCCC#N)Cc1ccc(Br)s1. The van der Waals surface area contributed by atoms with Gasteiger partial charge in [-0.05, 0) is 35.1 Å². The van der Waals surface area contributed by atoms with Gasteiger partial charge in [0.25, 0.3) is 0 Å². The fourth-order valence-electron chi connectivity index (χ4n) is 1.32. The first kappa shape index (κ1) is 14.2. The van der Waals surface area contributed by atoms with Gasteiger partial charge in [0.15, 0.2) is 0 Å². The molecule has 0 radical (unpaired) electrons. The van der Waals surface area contributed by atoms with Crippen molar-refractivity contribution in [1.82, 2.24) is 10.2 Å². The van der Waals surface area contributed by atoms with Gasteiger partial charge in [-0.15, -0.1) is 11.3 Å². The van der Waals surface area contributed by atoms with Crippen LogP contribution in [0.25, 0.3) is 0 Å². The third-order valence-corrected chi connectivity index (χ3v) is 3.64. The third-order valence-electron chi connectivity index (χ3n) is 2.03. The molecule has 0 fully saturated rings. The summed E-state index contributed by atoms with van der Waals surface area (Å²) >= 11 is 5.07. The van der Waals surface area contributed by atoms with Crippen molar-refractivity contribution < 1.29 is 4.79 Å². The van der Waals surface area contributed by atoms with Crippen LogP contribution in [0.15, 0.2) is 15.9 Å². The first-order valence-corrected chi connectivity index (χ1v) is 6.79. The molecule has 0 unspecified atom stereocenters. The molecule has 0 aliphatic carbocycles. The monoisotopic (exact) mass is 315 g/mol. The number of carbonyl (C=O) groups excluding carboxylic acids is 1. The molecule has 17 heavy (non-hydrogen) atoms. The minimum atomic E-state index is -0.0432. The number of nitrogens with zero attached hydrogens (tertiary/aromatic N) is 2. The molecule has 0 bridgehead atoms. The summed E-state index contributed by atoms with van der Waals surface area (Å²) in [4.78, 5) is 14.6. The summed E-state index contributed by atoms with van der Waals surface area (Å²) in [7, 11) is 1.90. The van der Waals surface area contributed by atoms with Crippen LogP contribution in [0.5, 0.6) is 0 Å². The molecule has 1 aromatic heterocycles. The average Bonchev–Trinajstić information content (AvgIpc) is 2.64. The highest BCUT2D eigenvalue weighted by molar-refractivity contribution is 9.11. The number of carbonyl (C=O) groups is 1. The molecule has 0 aromatic carbocycles.